The maximum atomic E-state index is 11.2. The van der Waals surface area contributed by atoms with Crippen LogP contribution < -0.4 is 11.0 Å². The van der Waals surface area contributed by atoms with Crippen molar-refractivity contribution in [3.05, 3.63) is 0 Å². The van der Waals surface area contributed by atoms with E-state index in [9.17, 15) is 9.59 Å². The fourth-order valence-electron chi connectivity index (χ4n) is 1.74. The summed E-state index contributed by atoms with van der Waals surface area (Å²) in [5.74, 6) is 0. The molecule has 0 aromatic heterocycles. The number of ether oxygens (including phenoxy) is 2. The summed E-state index contributed by atoms with van der Waals surface area (Å²) in [5.41, 5.74) is 2.66. The highest BCUT2D eigenvalue weighted by Gasteiger charge is 2.20. The van der Waals surface area contributed by atoms with Crippen LogP contribution in [-0.4, -0.2) is 34.7 Å². The Morgan fingerprint density at radius 1 is 0.913 bits per heavy atom. The van der Waals surface area contributed by atoms with Gasteiger partial charge in [-0.25, -0.2) is 15.1 Å². The summed E-state index contributed by atoms with van der Waals surface area (Å²) in [6.45, 7) is 10.6. The van der Waals surface area contributed by atoms with E-state index in [1.165, 1.54) is 18.3 Å². The molecular weight excluding hydrogens is 304 g/mol. The molecule has 0 aliphatic heterocycles. The molecule has 0 unspecified atom stereocenters. The third kappa shape index (κ3) is 13.8. The van der Waals surface area contributed by atoms with Crippen molar-refractivity contribution >= 4 is 12.2 Å². The molecule has 1 rings (SSSR count). The lowest BCUT2D eigenvalue weighted by Gasteiger charge is -2.20. The van der Waals surface area contributed by atoms with E-state index in [2.05, 4.69) is 10.2 Å². The zero-order valence-corrected chi connectivity index (χ0v) is 14.9. The summed E-state index contributed by atoms with van der Waals surface area (Å²) < 4.78 is 9.61. The smallest absolute Gasteiger partial charge is 0.431 e. The first-order chi connectivity index (χ1) is 10.4. The van der Waals surface area contributed by atoms with Gasteiger partial charge < -0.3 is 9.47 Å². The summed E-state index contributed by atoms with van der Waals surface area (Å²) in [7, 11) is 0. The first kappa shape index (κ1) is 21.5. The van der Waals surface area contributed by atoms with E-state index in [0.717, 1.165) is 12.8 Å². The maximum Gasteiger partial charge on any atom is 0.431 e. The molecule has 0 heterocycles. The van der Waals surface area contributed by atoms with E-state index in [0.29, 0.717) is 0 Å². The lowest BCUT2D eigenvalue weighted by atomic mass is 10.2. The molecule has 1 saturated carbocycles. The molecule has 0 aromatic carbocycles. The highest BCUT2D eigenvalue weighted by molar-refractivity contribution is 5.66. The van der Waals surface area contributed by atoms with E-state index in [4.69, 9.17) is 14.8 Å². The van der Waals surface area contributed by atoms with Crippen molar-refractivity contribution in [1.82, 2.24) is 11.0 Å². The molecule has 1 aliphatic carbocycles. The van der Waals surface area contributed by atoms with Crippen LogP contribution in [0.15, 0.2) is 0 Å². The third-order valence-electron chi connectivity index (χ3n) is 2.50. The molecule has 1 fully saturated rings. The summed E-state index contributed by atoms with van der Waals surface area (Å²) in [4.78, 5) is 26.6. The molecule has 3 N–H and O–H groups in total. The Hall–Kier alpha value is -1.54. The van der Waals surface area contributed by atoms with Gasteiger partial charge in [-0.2, -0.15) is 5.48 Å². The topological polar surface area (TPSA) is 106 Å². The predicted molar refractivity (Wildman–Crippen MR) is 83.9 cm³/mol. The molecular formula is C15H30N2O6. The highest BCUT2D eigenvalue weighted by atomic mass is 16.7. The van der Waals surface area contributed by atoms with Crippen LogP contribution in [-0.2, 0) is 14.3 Å². The van der Waals surface area contributed by atoms with Crippen molar-refractivity contribution in [2.75, 3.05) is 0 Å². The van der Waals surface area contributed by atoms with Crippen LogP contribution in [0.25, 0.3) is 0 Å². The van der Waals surface area contributed by atoms with Gasteiger partial charge in [0.05, 0.1) is 6.10 Å². The number of nitrogens with one attached hydrogen (secondary N) is 2. The molecule has 0 bridgehead atoms. The van der Waals surface area contributed by atoms with Gasteiger partial charge >= 0.3 is 12.2 Å². The van der Waals surface area contributed by atoms with Crippen molar-refractivity contribution in [2.24, 2.45) is 0 Å². The van der Waals surface area contributed by atoms with Crippen molar-refractivity contribution in [3.63, 3.8) is 0 Å². The van der Waals surface area contributed by atoms with Crippen molar-refractivity contribution < 1.29 is 29.1 Å². The lowest BCUT2D eigenvalue weighted by Crippen LogP contribution is -2.34. The summed E-state index contributed by atoms with van der Waals surface area (Å²) in [6, 6.07) is 0. The Labute approximate surface area is 137 Å². The molecule has 23 heavy (non-hydrogen) atoms. The van der Waals surface area contributed by atoms with Crippen molar-refractivity contribution in [3.8, 4) is 0 Å². The number of hydrogen-bond donors (Lipinski definition) is 3. The van der Waals surface area contributed by atoms with Crippen LogP contribution in [0, 0.1) is 0 Å². The van der Waals surface area contributed by atoms with Gasteiger partial charge in [-0.3, -0.25) is 10.0 Å². The Balaban J connectivity index is 0.000000468. The van der Waals surface area contributed by atoms with Crippen LogP contribution in [0.4, 0.5) is 9.59 Å². The molecule has 0 saturated heterocycles. The van der Waals surface area contributed by atoms with Crippen LogP contribution in [0.5, 0.6) is 0 Å². The molecule has 2 amide bonds. The standard InChI is InChI=1S/C10H19NO3.C5H11NO3/c1-10(2,3)13-9(12)11-14-8-6-4-5-7-8;1-5(2,3)9-4(7)6-8/h8H,4-7H2,1-3H3,(H,11,12);8H,1-3H3,(H,6,7). The van der Waals surface area contributed by atoms with Crippen LogP contribution in [0.3, 0.4) is 0 Å². The van der Waals surface area contributed by atoms with E-state index in [1.54, 1.807) is 20.8 Å². The quantitative estimate of drug-likeness (QED) is 0.528. The summed E-state index contributed by atoms with van der Waals surface area (Å²) in [6.07, 6.45) is 3.24. The fraction of sp³-hybridized carbons (Fsp3) is 0.867. The Morgan fingerprint density at radius 3 is 1.70 bits per heavy atom. The van der Waals surface area contributed by atoms with Crippen LogP contribution in [0.1, 0.15) is 67.2 Å². The third-order valence-corrected chi connectivity index (χ3v) is 2.50. The zero-order valence-electron chi connectivity index (χ0n) is 14.9. The first-order valence-corrected chi connectivity index (χ1v) is 7.70. The van der Waals surface area contributed by atoms with Crippen molar-refractivity contribution in [1.29, 1.82) is 0 Å². The van der Waals surface area contributed by atoms with E-state index < -0.39 is 23.4 Å². The molecule has 0 radical (unpaired) electrons. The van der Waals surface area contributed by atoms with Crippen molar-refractivity contribution in [2.45, 2.75) is 84.5 Å². The van der Waals surface area contributed by atoms with Gasteiger partial charge in [-0.1, -0.05) is 12.8 Å². The van der Waals surface area contributed by atoms with Gasteiger partial charge in [0.2, 0.25) is 0 Å². The predicted octanol–water partition coefficient (Wildman–Crippen LogP) is 3.29. The minimum Gasteiger partial charge on any atom is -0.442 e. The fourth-order valence-corrected chi connectivity index (χ4v) is 1.74. The average Bonchev–Trinajstić information content (AvgIpc) is 2.86. The number of hydrogen-bond acceptors (Lipinski definition) is 6. The van der Waals surface area contributed by atoms with Gasteiger partial charge in [0.25, 0.3) is 0 Å². The van der Waals surface area contributed by atoms with Gasteiger partial charge in [-0.15, -0.1) is 0 Å². The molecule has 0 atom stereocenters. The van der Waals surface area contributed by atoms with Gasteiger partial charge in [0.1, 0.15) is 11.2 Å². The molecule has 8 heteroatoms. The molecule has 1 aliphatic rings. The number of carbonyl (C=O) groups is 2. The summed E-state index contributed by atoms with van der Waals surface area (Å²) >= 11 is 0. The number of hydroxylamine groups is 2. The van der Waals surface area contributed by atoms with Gasteiger partial charge in [0.15, 0.2) is 0 Å². The second-order valence-corrected chi connectivity index (χ2v) is 7.24. The Bertz CT molecular complexity index is 367. The molecule has 8 nitrogen and oxygen atoms in total. The normalized spacial score (nSPS) is 15.3. The first-order valence-electron chi connectivity index (χ1n) is 7.70. The average molecular weight is 334 g/mol. The van der Waals surface area contributed by atoms with E-state index in [-0.39, 0.29) is 6.10 Å². The lowest BCUT2D eigenvalue weighted by molar-refractivity contribution is -0.0395. The van der Waals surface area contributed by atoms with E-state index >= 15 is 0 Å². The molecule has 136 valence electrons. The highest BCUT2D eigenvalue weighted by Crippen LogP contribution is 2.20. The SMILES string of the molecule is CC(C)(C)OC(=O)NO.CC(C)(C)OC(=O)NOC1CCCC1. The summed E-state index contributed by atoms with van der Waals surface area (Å²) in [5, 5.41) is 7.97. The monoisotopic (exact) mass is 334 g/mol. The zero-order chi connectivity index (χ0) is 18.1. The van der Waals surface area contributed by atoms with Gasteiger partial charge in [0, 0.05) is 0 Å². The maximum absolute atomic E-state index is 11.2. The Kier molecular flexibility index (Phi) is 8.93. The largest absolute Gasteiger partial charge is 0.442 e. The van der Waals surface area contributed by atoms with Crippen LogP contribution in [0.2, 0.25) is 0 Å². The number of rotatable bonds is 2. The molecule has 0 spiro atoms. The molecule has 0 aromatic rings. The van der Waals surface area contributed by atoms with E-state index in [1.807, 2.05) is 20.8 Å². The number of carbonyl (C=O) groups excluding carboxylic acids is 2. The minimum atomic E-state index is -0.831. The van der Waals surface area contributed by atoms with Crippen LogP contribution >= 0.6 is 0 Å². The second kappa shape index (κ2) is 9.57. The number of amides is 2. The minimum absolute atomic E-state index is 0.169. The second-order valence-electron chi connectivity index (χ2n) is 7.24. The Morgan fingerprint density at radius 2 is 1.35 bits per heavy atom. The van der Waals surface area contributed by atoms with Gasteiger partial charge in [-0.05, 0) is 54.4 Å².